The molecule has 1 N–H and O–H groups in total. The van der Waals surface area contributed by atoms with Crippen LogP contribution in [0.5, 0.6) is 0 Å². The van der Waals surface area contributed by atoms with Crippen LogP contribution in [0.2, 0.25) is 0 Å². The van der Waals surface area contributed by atoms with Gasteiger partial charge in [0.25, 0.3) is 0 Å². The molecule has 19 heavy (non-hydrogen) atoms. The SMILES string of the molecule is Cc1ccccc1N(CC(=O)NCC(C)C)C(C)C. The maximum Gasteiger partial charge on any atom is 0.239 e. The fourth-order valence-corrected chi connectivity index (χ4v) is 1.96. The van der Waals surface area contributed by atoms with E-state index in [1.807, 2.05) is 12.1 Å². The minimum absolute atomic E-state index is 0.0886. The third kappa shape index (κ3) is 4.93. The number of nitrogens with zero attached hydrogens (tertiary/aromatic N) is 1. The van der Waals surface area contributed by atoms with E-state index in [2.05, 4.69) is 57.0 Å². The maximum absolute atomic E-state index is 12.0. The van der Waals surface area contributed by atoms with Gasteiger partial charge in [-0.05, 0) is 38.3 Å². The number of aryl methyl sites for hydroxylation is 1. The summed E-state index contributed by atoms with van der Waals surface area (Å²) in [6.45, 7) is 11.7. The van der Waals surface area contributed by atoms with E-state index in [9.17, 15) is 4.79 Å². The van der Waals surface area contributed by atoms with E-state index in [-0.39, 0.29) is 5.91 Å². The van der Waals surface area contributed by atoms with Gasteiger partial charge >= 0.3 is 0 Å². The number of hydrogen-bond acceptors (Lipinski definition) is 2. The molecule has 1 aromatic carbocycles. The zero-order chi connectivity index (χ0) is 14.4. The summed E-state index contributed by atoms with van der Waals surface area (Å²) in [6.07, 6.45) is 0. The van der Waals surface area contributed by atoms with Crippen molar-refractivity contribution in [3.8, 4) is 0 Å². The lowest BCUT2D eigenvalue weighted by Crippen LogP contribution is -2.42. The summed E-state index contributed by atoms with van der Waals surface area (Å²) in [6, 6.07) is 8.49. The van der Waals surface area contributed by atoms with Crippen molar-refractivity contribution < 1.29 is 4.79 Å². The second kappa shape index (κ2) is 7.17. The second-order valence-corrected chi connectivity index (χ2v) is 5.71. The molecule has 0 fully saturated rings. The fraction of sp³-hybridized carbons (Fsp3) is 0.562. The van der Waals surface area contributed by atoms with Crippen LogP contribution in [0.4, 0.5) is 5.69 Å². The molecule has 106 valence electrons. The highest BCUT2D eigenvalue weighted by Crippen LogP contribution is 2.21. The maximum atomic E-state index is 12.0. The third-order valence-electron chi connectivity index (χ3n) is 3.07. The van der Waals surface area contributed by atoms with E-state index < -0.39 is 0 Å². The smallest absolute Gasteiger partial charge is 0.239 e. The Morgan fingerprint density at radius 2 is 1.84 bits per heavy atom. The molecule has 0 aromatic heterocycles. The Kier molecular flexibility index (Phi) is 5.87. The monoisotopic (exact) mass is 262 g/mol. The molecule has 1 aromatic rings. The standard InChI is InChI=1S/C16H26N2O/c1-12(2)10-17-16(19)11-18(13(3)4)15-9-7-6-8-14(15)5/h6-9,12-13H,10-11H2,1-5H3,(H,17,19). The van der Waals surface area contributed by atoms with Crippen LogP contribution in [-0.2, 0) is 4.79 Å². The van der Waals surface area contributed by atoms with Gasteiger partial charge in [-0.2, -0.15) is 0 Å². The Hall–Kier alpha value is -1.51. The summed E-state index contributed by atoms with van der Waals surface area (Å²) >= 11 is 0. The van der Waals surface area contributed by atoms with Crippen LogP contribution in [0.1, 0.15) is 33.3 Å². The summed E-state index contributed by atoms with van der Waals surface area (Å²) in [5.41, 5.74) is 2.34. The lowest BCUT2D eigenvalue weighted by molar-refractivity contribution is -0.120. The Bertz CT molecular complexity index is 413. The number of nitrogens with one attached hydrogen (secondary N) is 1. The quantitative estimate of drug-likeness (QED) is 0.855. The van der Waals surface area contributed by atoms with Gasteiger partial charge in [-0.25, -0.2) is 0 Å². The molecule has 0 saturated carbocycles. The molecule has 3 nitrogen and oxygen atoms in total. The number of para-hydroxylation sites is 1. The molecule has 0 saturated heterocycles. The molecule has 0 radical (unpaired) electrons. The van der Waals surface area contributed by atoms with Crippen molar-refractivity contribution in [3.63, 3.8) is 0 Å². The zero-order valence-corrected chi connectivity index (χ0v) is 12.7. The Morgan fingerprint density at radius 1 is 1.21 bits per heavy atom. The highest BCUT2D eigenvalue weighted by molar-refractivity contribution is 5.81. The lowest BCUT2D eigenvalue weighted by atomic mass is 10.1. The fourth-order valence-electron chi connectivity index (χ4n) is 1.96. The number of carbonyl (C=O) groups excluding carboxylic acids is 1. The van der Waals surface area contributed by atoms with Crippen molar-refractivity contribution in [2.75, 3.05) is 18.0 Å². The normalized spacial score (nSPS) is 10.9. The topological polar surface area (TPSA) is 32.3 Å². The van der Waals surface area contributed by atoms with Crippen LogP contribution in [0.3, 0.4) is 0 Å². The van der Waals surface area contributed by atoms with E-state index in [0.29, 0.717) is 18.5 Å². The van der Waals surface area contributed by atoms with E-state index in [1.54, 1.807) is 0 Å². The highest BCUT2D eigenvalue weighted by Gasteiger charge is 2.16. The van der Waals surface area contributed by atoms with E-state index in [1.165, 1.54) is 5.56 Å². The molecule has 0 unspecified atom stereocenters. The molecular weight excluding hydrogens is 236 g/mol. The molecule has 3 heteroatoms. The zero-order valence-electron chi connectivity index (χ0n) is 12.7. The molecular formula is C16H26N2O. The third-order valence-corrected chi connectivity index (χ3v) is 3.07. The Balaban J connectivity index is 2.74. The molecule has 0 bridgehead atoms. The van der Waals surface area contributed by atoms with Gasteiger partial charge in [0, 0.05) is 18.3 Å². The van der Waals surface area contributed by atoms with Gasteiger partial charge in [0.1, 0.15) is 0 Å². The van der Waals surface area contributed by atoms with Crippen molar-refractivity contribution >= 4 is 11.6 Å². The van der Waals surface area contributed by atoms with Crippen molar-refractivity contribution in [1.82, 2.24) is 5.32 Å². The Morgan fingerprint density at radius 3 is 2.37 bits per heavy atom. The Labute approximate surface area is 117 Å². The average Bonchev–Trinajstić information content (AvgIpc) is 2.34. The minimum Gasteiger partial charge on any atom is -0.360 e. The van der Waals surface area contributed by atoms with E-state index in [0.717, 1.165) is 12.2 Å². The summed E-state index contributed by atoms with van der Waals surface area (Å²) < 4.78 is 0. The molecule has 0 aliphatic carbocycles. The first-order chi connectivity index (χ1) is 8.91. The van der Waals surface area contributed by atoms with Crippen molar-refractivity contribution in [3.05, 3.63) is 29.8 Å². The summed E-state index contributed by atoms with van der Waals surface area (Å²) in [5, 5.41) is 2.98. The molecule has 0 atom stereocenters. The van der Waals surface area contributed by atoms with Crippen molar-refractivity contribution in [1.29, 1.82) is 0 Å². The van der Waals surface area contributed by atoms with Gasteiger partial charge in [-0.15, -0.1) is 0 Å². The van der Waals surface area contributed by atoms with E-state index in [4.69, 9.17) is 0 Å². The van der Waals surface area contributed by atoms with Gasteiger partial charge in [-0.3, -0.25) is 4.79 Å². The van der Waals surface area contributed by atoms with Gasteiger partial charge in [0.15, 0.2) is 0 Å². The van der Waals surface area contributed by atoms with Crippen LogP contribution in [0.25, 0.3) is 0 Å². The first-order valence-corrected chi connectivity index (χ1v) is 7.00. The van der Waals surface area contributed by atoms with Crippen LogP contribution in [-0.4, -0.2) is 25.0 Å². The number of benzene rings is 1. The number of rotatable bonds is 6. The lowest BCUT2D eigenvalue weighted by Gasteiger charge is -2.30. The molecule has 1 amide bonds. The van der Waals surface area contributed by atoms with Crippen LogP contribution < -0.4 is 10.2 Å². The van der Waals surface area contributed by atoms with Gasteiger partial charge < -0.3 is 10.2 Å². The number of anilines is 1. The van der Waals surface area contributed by atoms with Crippen molar-refractivity contribution in [2.45, 2.75) is 40.7 Å². The highest BCUT2D eigenvalue weighted by atomic mass is 16.2. The van der Waals surface area contributed by atoms with Crippen LogP contribution >= 0.6 is 0 Å². The van der Waals surface area contributed by atoms with Gasteiger partial charge in [-0.1, -0.05) is 32.0 Å². The molecule has 0 spiro atoms. The summed E-state index contributed by atoms with van der Waals surface area (Å²) in [7, 11) is 0. The molecule has 0 heterocycles. The van der Waals surface area contributed by atoms with Crippen molar-refractivity contribution in [2.24, 2.45) is 5.92 Å². The first kappa shape index (κ1) is 15.5. The van der Waals surface area contributed by atoms with Gasteiger partial charge in [0.05, 0.1) is 6.54 Å². The van der Waals surface area contributed by atoms with Crippen LogP contribution in [0, 0.1) is 12.8 Å². The van der Waals surface area contributed by atoms with E-state index >= 15 is 0 Å². The van der Waals surface area contributed by atoms with Crippen LogP contribution in [0.15, 0.2) is 24.3 Å². The predicted octanol–water partition coefficient (Wildman–Crippen LogP) is 2.98. The molecule has 1 rings (SSSR count). The number of carbonyl (C=O) groups is 1. The molecule has 0 aliphatic rings. The summed E-state index contributed by atoms with van der Waals surface area (Å²) in [5.74, 6) is 0.570. The molecule has 0 aliphatic heterocycles. The average molecular weight is 262 g/mol. The predicted molar refractivity (Wildman–Crippen MR) is 81.5 cm³/mol. The summed E-state index contributed by atoms with van der Waals surface area (Å²) in [4.78, 5) is 14.1. The minimum atomic E-state index is 0.0886. The largest absolute Gasteiger partial charge is 0.360 e. The number of amides is 1. The first-order valence-electron chi connectivity index (χ1n) is 7.00. The van der Waals surface area contributed by atoms with Gasteiger partial charge in [0.2, 0.25) is 5.91 Å². The number of hydrogen-bond donors (Lipinski definition) is 1. The second-order valence-electron chi connectivity index (χ2n) is 5.71.